The number of thioether (sulfide) groups is 1. The van der Waals surface area contributed by atoms with Crippen LogP contribution in [-0.4, -0.2) is 48.0 Å². The predicted molar refractivity (Wildman–Crippen MR) is 91.1 cm³/mol. The van der Waals surface area contributed by atoms with Crippen molar-refractivity contribution in [1.82, 2.24) is 10.2 Å². The van der Waals surface area contributed by atoms with E-state index >= 15 is 0 Å². The minimum Gasteiger partial charge on any atom is -0.393 e. The highest BCUT2D eigenvalue weighted by atomic mass is 32.2. The summed E-state index contributed by atoms with van der Waals surface area (Å²) >= 11 is 1.65. The van der Waals surface area contributed by atoms with Crippen molar-refractivity contribution in [2.75, 3.05) is 25.9 Å². The Labute approximate surface area is 141 Å². The maximum absolute atomic E-state index is 12.8. The van der Waals surface area contributed by atoms with E-state index < -0.39 is 0 Å². The van der Waals surface area contributed by atoms with E-state index in [1.54, 1.807) is 35.8 Å². The van der Waals surface area contributed by atoms with Gasteiger partial charge in [0.1, 0.15) is 5.82 Å². The van der Waals surface area contributed by atoms with Crippen LogP contribution in [0, 0.1) is 11.7 Å². The zero-order chi connectivity index (χ0) is 16.7. The number of urea groups is 1. The smallest absolute Gasteiger partial charge is 0.317 e. The van der Waals surface area contributed by atoms with E-state index in [0.29, 0.717) is 13.1 Å². The molecule has 2 unspecified atom stereocenters. The summed E-state index contributed by atoms with van der Waals surface area (Å²) in [5.74, 6) is 0.855. The SMILES string of the molecule is CN(CC1CCCC1O)C(=O)NCCCSc1ccc(F)cc1. The van der Waals surface area contributed by atoms with Crippen LogP contribution in [0.1, 0.15) is 25.7 Å². The largest absolute Gasteiger partial charge is 0.393 e. The molecule has 2 N–H and O–H groups in total. The first-order valence-electron chi connectivity index (χ1n) is 8.11. The topological polar surface area (TPSA) is 52.6 Å². The van der Waals surface area contributed by atoms with Gasteiger partial charge in [-0.15, -0.1) is 11.8 Å². The summed E-state index contributed by atoms with van der Waals surface area (Å²) in [6.45, 7) is 1.22. The van der Waals surface area contributed by atoms with Gasteiger partial charge in [-0.1, -0.05) is 6.42 Å². The van der Waals surface area contributed by atoms with Crippen LogP contribution >= 0.6 is 11.8 Å². The number of benzene rings is 1. The van der Waals surface area contributed by atoms with Gasteiger partial charge in [-0.3, -0.25) is 0 Å². The van der Waals surface area contributed by atoms with Gasteiger partial charge < -0.3 is 15.3 Å². The lowest BCUT2D eigenvalue weighted by Gasteiger charge is -2.23. The molecule has 0 spiro atoms. The molecule has 0 aliphatic heterocycles. The zero-order valence-corrected chi connectivity index (χ0v) is 14.3. The number of carbonyl (C=O) groups excluding carboxylic acids is 1. The molecule has 6 heteroatoms. The minimum atomic E-state index is -0.266. The molecule has 1 fully saturated rings. The highest BCUT2D eigenvalue weighted by Crippen LogP contribution is 2.26. The Hall–Kier alpha value is -1.27. The molecular weight excluding hydrogens is 315 g/mol. The summed E-state index contributed by atoms with van der Waals surface area (Å²) < 4.78 is 12.8. The van der Waals surface area contributed by atoms with Crippen LogP contribution in [0.5, 0.6) is 0 Å². The van der Waals surface area contributed by atoms with Crippen molar-refractivity contribution < 1.29 is 14.3 Å². The third-order valence-electron chi connectivity index (χ3n) is 4.15. The molecule has 1 aliphatic rings. The molecular formula is C17H25FN2O2S. The Bertz CT molecular complexity index is 498. The van der Waals surface area contributed by atoms with Crippen molar-refractivity contribution in [3.05, 3.63) is 30.1 Å². The lowest BCUT2D eigenvalue weighted by atomic mass is 10.1. The molecule has 2 rings (SSSR count). The number of amides is 2. The van der Waals surface area contributed by atoms with E-state index in [2.05, 4.69) is 5.32 Å². The van der Waals surface area contributed by atoms with E-state index in [4.69, 9.17) is 0 Å². The molecule has 128 valence electrons. The molecule has 1 saturated carbocycles. The van der Waals surface area contributed by atoms with Crippen molar-refractivity contribution in [1.29, 1.82) is 0 Å². The number of aliphatic hydroxyl groups excluding tert-OH is 1. The number of hydrogen-bond donors (Lipinski definition) is 2. The van der Waals surface area contributed by atoms with Gasteiger partial charge in [0.2, 0.25) is 0 Å². The fourth-order valence-corrected chi connectivity index (χ4v) is 3.64. The molecule has 1 aromatic rings. The second kappa shape index (κ2) is 9.13. The Morgan fingerprint density at radius 1 is 1.39 bits per heavy atom. The molecule has 23 heavy (non-hydrogen) atoms. The van der Waals surface area contributed by atoms with E-state index in [-0.39, 0.29) is 23.9 Å². The summed E-state index contributed by atoms with van der Waals surface area (Å²) in [4.78, 5) is 14.7. The highest BCUT2D eigenvalue weighted by molar-refractivity contribution is 7.99. The second-order valence-corrected chi connectivity index (χ2v) is 7.20. The molecule has 0 radical (unpaired) electrons. The summed E-state index contributed by atoms with van der Waals surface area (Å²) in [6, 6.07) is 6.35. The van der Waals surface area contributed by atoms with Crippen LogP contribution in [0.4, 0.5) is 9.18 Å². The van der Waals surface area contributed by atoms with E-state index in [0.717, 1.165) is 36.3 Å². The fourth-order valence-electron chi connectivity index (χ4n) is 2.79. The normalized spacial score (nSPS) is 20.5. The Kier molecular flexibility index (Phi) is 7.17. The number of carbonyl (C=O) groups is 1. The third-order valence-corrected chi connectivity index (χ3v) is 5.25. The number of nitrogens with one attached hydrogen (secondary N) is 1. The predicted octanol–water partition coefficient (Wildman–Crippen LogP) is 3.11. The number of rotatable bonds is 7. The lowest BCUT2D eigenvalue weighted by Crippen LogP contribution is -2.41. The summed E-state index contributed by atoms with van der Waals surface area (Å²) in [6.07, 6.45) is 3.47. The quantitative estimate of drug-likeness (QED) is 0.592. The van der Waals surface area contributed by atoms with Crippen LogP contribution < -0.4 is 5.32 Å². The van der Waals surface area contributed by atoms with Crippen molar-refractivity contribution in [2.24, 2.45) is 5.92 Å². The van der Waals surface area contributed by atoms with Gasteiger partial charge in [0.05, 0.1) is 6.10 Å². The summed E-state index contributed by atoms with van der Waals surface area (Å²) in [7, 11) is 1.77. The molecule has 1 aliphatic carbocycles. The fraction of sp³-hybridized carbons (Fsp3) is 0.588. The number of hydrogen-bond acceptors (Lipinski definition) is 3. The van der Waals surface area contributed by atoms with Gasteiger partial charge in [-0.25, -0.2) is 9.18 Å². The molecule has 0 bridgehead atoms. The van der Waals surface area contributed by atoms with Crippen LogP contribution in [0.2, 0.25) is 0 Å². The van der Waals surface area contributed by atoms with Gasteiger partial charge in [0.15, 0.2) is 0 Å². The van der Waals surface area contributed by atoms with E-state index in [1.807, 2.05) is 0 Å². The van der Waals surface area contributed by atoms with Gasteiger partial charge in [-0.05, 0) is 49.3 Å². The van der Waals surface area contributed by atoms with Crippen molar-refractivity contribution in [3.8, 4) is 0 Å². The Morgan fingerprint density at radius 3 is 2.78 bits per heavy atom. The standard InChI is InChI=1S/C17H25FN2O2S/c1-20(12-13-4-2-5-16(13)21)17(22)19-10-3-11-23-15-8-6-14(18)7-9-15/h6-9,13,16,21H,2-5,10-12H2,1H3,(H,19,22). The van der Waals surface area contributed by atoms with E-state index in [9.17, 15) is 14.3 Å². The molecule has 2 amide bonds. The van der Waals surface area contributed by atoms with Crippen molar-refractivity contribution in [2.45, 2.75) is 36.7 Å². The maximum Gasteiger partial charge on any atom is 0.317 e. The molecule has 4 nitrogen and oxygen atoms in total. The van der Waals surface area contributed by atoms with Crippen molar-refractivity contribution in [3.63, 3.8) is 0 Å². The average Bonchev–Trinajstić information content (AvgIpc) is 2.93. The average molecular weight is 340 g/mol. The molecule has 0 aromatic heterocycles. The summed E-state index contributed by atoms with van der Waals surface area (Å²) in [5.41, 5.74) is 0. The third kappa shape index (κ3) is 6.03. The van der Waals surface area contributed by atoms with Gasteiger partial charge in [0.25, 0.3) is 0 Å². The second-order valence-electron chi connectivity index (χ2n) is 6.03. The van der Waals surface area contributed by atoms with Gasteiger partial charge in [0, 0.05) is 31.0 Å². The molecule has 1 aromatic carbocycles. The molecule has 2 atom stereocenters. The number of halogens is 1. The molecule has 0 saturated heterocycles. The van der Waals surface area contributed by atoms with E-state index in [1.165, 1.54) is 12.1 Å². The van der Waals surface area contributed by atoms with Gasteiger partial charge >= 0.3 is 6.03 Å². The maximum atomic E-state index is 12.8. The monoisotopic (exact) mass is 340 g/mol. The van der Waals surface area contributed by atoms with Crippen molar-refractivity contribution >= 4 is 17.8 Å². The minimum absolute atomic E-state index is 0.0871. The first-order chi connectivity index (χ1) is 11.1. The Balaban J connectivity index is 1.58. The van der Waals surface area contributed by atoms with Crippen LogP contribution in [0.3, 0.4) is 0 Å². The zero-order valence-electron chi connectivity index (χ0n) is 13.5. The first-order valence-corrected chi connectivity index (χ1v) is 9.10. The first kappa shape index (κ1) is 18.1. The van der Waals surface area contributed by atoms with Crippen LogP contribution in [0.25, 0.3) is 0 Å². The van der Waals surface area contributed by atoms with Gasteiger partial charge in [-0.2, -0.15) is 0 Å². The summed E-state index contributed by atoms with van der Waals surface area (Å²) in [5, 5.41) is 12.7. The lowest BCUT2D eigenvalue weighted by molar-refractivity contribution is 0.114. The Morgan fingerprint density at radius 2 is 2.13 bits per heavy atom. The molecule has 0 heterocycles. The number of aliphatic hydroxyl groups is 1. The highest BCUT2D eigenvalue weighted by Gasteiger charge is 2.27. The number of nitrogens with zero attached hydrogens (tertiary/aromatic N) is 1. The van der Waals surface area contributed by atoms with Crippen LogP contribution in [-0.2, 0) is 0 Å². The van der Waals surface area contributed by atoms with Crippen LogP contribution in [0.15, 0.2) is 29.2 Å².